The van der Waals surface area contributed by atoms with Crippen molar-refractivity contribution in [2.75, 3.05) is 108 Å². The molecule has 0 bridgehead atoms. The van der Waals surface area contributed by atoms with Crippen molar-refractivity contribution in [3.8, 4) is 0 Å². The van der Waals surface area contributed by atoms with Gasteiger partial charge in [0.2, 0.25) is 0 Å². The zero-order chi connectivity index (χ0) is 64.2. The number of quaternary nitrogens is 2. The first-order chi connectivity index (χ1) is 41.2. The van der Waals surface area contributed by atoms with E-state index in [9.17, 15) is 28.5 Å². The van der Waals surface area contributed by atoms with Crippen molar-refractivity contribution < 1.29 is 74.5 Å². The van der Waals surface area contributed by atoms with E-state index < -0.39 is 27.9 Å². The van der Waals surface area contributed by atoms with Gasteiger partial charge in [-0.05, 0) is 26.2 Å². The van der Waals surface area contributed by atoms with E-state index >= 15 is 0 Å². The highest BCUT2D eigenvalue weighted by molar-refractivity contribution is 7.46. The summed E-state index contributed by atoms with van der Waals surface area (Å²) in [6.07, 6.45) is 53.5. The lowest BCUT2D eigenvalue weighted by Gasteiger charge is -2.33. The van der Waals surface area contributed by atoms with Crippen LogP contribution in [0.3, 0.4) is 0 Å². The minimum absolute atomic E-state index is 0. The lowest BCUT2D eigenvalue weighted by molar-refractivity contribution is -0.893. The molecule has 4 atom stereocenters. The maximum absolute atomic E-state index is 12.8. The second-order valence-electron chi connectivity index (χ2n) is 26.1. The van der Waals surface area contributed by atoms with E-state index in [-0.39, 0.29) is 59.8 Å². The predicted molar refractivity (Wildman–Crippen MR) is 366 cm³/mol. The molecule has 0 saturated carbocycles. The standard InChI is InChI=1S/C41H82NO8P.C27H58NO6P.2CH4/c1-6-9-11-13-15-17-19-21-23-25-27-29-31-33-40(43)47-38-39(37-42(4,5)35-36-49-51(45,46)48-8-3)50-41(44)34-32-30-28-26-24-22-20-18-16-14-12-10-7-2;1-6-7-8-9-10-11-12-13-14-15-16-17-18-19-20-21-23-32-25-27(31-5)26-34-35(29,30)33-24-22-28(2,3)4;;/h39H,6-38H2,1-5H3;27H,6-26H2,1-5H3;2*1H4/t;27-;;/m.1../s1. The number of unbranched alkanes of at least 4 members (excludes halogenated alkanes) is 39. The van der Waals surface area contributed by atoms with Crippen LogP contribution < -0.4 is 9.79 Å². The summed E-state index contributed by atoms with van der Waals surface area (Å²) in [6, 6.07) is 0. The lowest BCUT2D eigenvalue weighted by atomic mass is 10.0. The topological polar surface area (TPSA) is 188 Å². The SMILES string of the molecule is C.C.CCCCCCCCCCCCCCCC(=O)OCC(C[N+](C)(C)CCOP(=O)([O-])OCC)OC(=O)CCCCCCCCCCCCCCC.CCCCCCCCCCCCCCCCCCOC[C@H](COP(=O)([O-])OCC[N+](C)(C)C)OC. The number of carbonyl (C=O) groups is 2. The van der Waals surface area contributed by atoms with E-state index in [0.29, 0.717) is 54.7 Å². The van der Waals surface area contributed by atoms with Gasteiger partial charge in [-0.15, -0.1) is 0 Å². The number of likely N-dealkylation sites (N-methyl/N-ethyl adjacent to an activating group) is 2. The number of nitrogens with zero attached hydrogens (tertiary/aromatic N) is 2. The smallest absolute Gasteiger partial charge is 0.306 e. The van der Waals surface area contributed by atoms with Gasteiger partial charge in [0.15, 0.2) is 6.10 Å². The van der Waals surface area contributed by atoms with Crippen molar-refractivity contribution in [1.82, 2.24) is 0 Å². The van der Waals surface area contributed by atoms with Crippen molar-refractivity contribution in [1.29, 1.82) is 0 Å². The fourth-order valence-corrected chi connectivity index (χ4v) is 11.7. The van der Waals surface area contributed by atoms with Gasteiger partial charge >= 0.3 is 11.9 Å². The number of phosphoric acid groups is 2. The van der Waals surface area contributed by atoms with E-state index in [1.807, 2.05) is 35.2 Å². The Morgan fingerprint density at radius 3 is 1.07 bits per heavy atom. The Balaban J connectivity index is -0.000000837. The van der Waals surface area contributed by atoms with Crippen LogP contribution >= 0.6 is 15.6 Å². The van der Waals surface area contributed by atoms with Gasteiger partial charge in [-0.1, -0.05) is 286 Å². The number of ether oxygens (including phenoxy) is 4. The van der Waals surface area contributed by atoms with Crippen LogP contribution in [0, 0.1) is 0 Å². The van der Waals surface area contributed by atoms with Crippen molar-refractivity contribution in [2.45, 2.75) is 337 Å². The first-order valence-electron chi connectivity index (χ1n) is 35.5. The number of methoxy groups -OCH3 is 1. The third-order valence-corrected chi connectivity index (χ3v) is 17.9. The number of hydrogen-bond donors (Lipinski definition) is 0. The monoisotopic (exact) mass is 1300 g/mol. The van der Waals surface area contributed by atoms with Crippen LogP contribution in [0.2, 0.25) is 0 Å². The second kappa shape index (κ2) is 66.0. The summed E-state index contributed by atoms with van der Waals surface area (Å²) in [4.78, 5) is 49.1. The average molecular weight is 1300 g/mol. The zero-order valence-corrected chi connectivity index (χ0v) is 59.6. The minimum Gasteiger partial charge on any atom is -0.756 e. The van der Waals surface area contributed by atoms with Crippen LogP contribution in [-0.2, 0) is 55.8 Å². The van der Waals surface area contributed by atoms with Gasteiger partial charge in [0.1, 0.15) is 45.6 Å². The maximum Gasteiger partial charge on any atom is 0.306 e. The highest BCUT2D eigenvalue weighted by atomic mass is 31.2. The summed E-state index contributed by atoms with van der Waals surface area (Å²) >= 11 is 0. The van der Waals surface area contributed by atoms with Crippen LogP contribution in [-0.4, -0.2) is 141 Å². The minimum atomic E-state index is -4.34. The van der Waals surface area contributed by atoms with Gasteiger partial charge in [0.25, 0.3) is 15.6 Å². The summed E-state index contributed by atoms with van der Waals surface area (Å²) in [5.41, 5.74) is 0. The first kappa shape index (κ1) is 93.4. The number of hydrogen-bond acceptors (Lipinski definition) is 14. The molecule has 0 heterocycles. The maximum atomic E-state index is 12.8. The third-order valence-electron chi connectivity index (χ3n) is 15.8. The summed E-state index contributed by atoms with van der Waals surface area (Å²) in [6.45, 7) is 10.6. The Hall–Kier alpha value is -1.00. The Morgan fingerprint density at radius 2 is 0.716 bits per heavy atom. The normalized spacial score (nSPS) is 13.8. The summed E-state index contributed by atoms with van der Waals surface area (Å²) < 4.78 is 66.5. The molecular weight excluding hydrogens is 1150 g/mol. The lowest BCUT2D eigenvalue weighted by Crippen LogP contribution is -2.49. The molecule has 0 aliphatic heterocycles. The van der Waals surface area contributed by atoms with Gasteiger partial charge in [-0.3, -0.25) is 18.7 Å². The Morgan fingerprint density at radius 1 is 0.386 bits per heavy atom. The third kappa shape index (κ3) is 72.4. The molecule has 0 aromatic carbocycles. The first-order valence-corrected chi connectivity index (χ1v) is 38.5. The highest BCUT2D eigenvalue weighted by Crippen LogP contribution is 2.39. The zero-order valence-electron chi connectivity index (χ0n) is 57.8. The molecule has 3 unspecified atom stereocenters. The fraction of sp³-hybridized carbons (Fsp3) is 0.971. The molecule has 532 valence electrons. The van der Waals surface area contributed by atoms with E-state index in [0.717, 1.165) is 44.9 Å². The van der Waals surface area contributed by atoms with E-state index in [1.54, 1.807) is 6.92 Å². The second-order valence-corrected chi connectivity index (χ2v) is 29.0. The molecule has 0 radical (unpaired) electrons. The van der Waals surface area contributed by atoms with Crippen LogP contribution in [0.15, 0.2) is 0 Å². The molecule has 0 fully saturated rings. The molecule has 0 N–H and O–H groups in total. The van der Waals surface area contributed by atoms with Crippen LogP contribution in [0.4, 0.5) is 0 Å². The molecule has 0 amide bonds. The molecule has 0 spiro atoms. The largest absolute Gasteiger partial charge is 0.756 e. The Labute approximate surface area is 545 Å². The molecule has 0 saturated heterocycles. The molecule has 0 aromatic rings. The molecule has 16 nitrogen and oxygen atoms in total. The average Bonchev–Trinajstić information content (AvgIpc) is 3.47. The number of carbonyl (C=O) groups excluding carboxylic acids is 2. The van der Waals surface area contributed by atoms with E-state index in [2.05, 4.69) is 25.3 Å². The Kier molecular flexibility index (Phi) is 70.1. The molecule has 0 aliphatic carbocycles. The van der Waals surface area contributed by atoms with Crippen LogP contribution in [0.25, 0.3) is 0 Å². The molecule has 0 aliphatic rings. The quantitative estimate of drug-likeness (QED) is 0.0242. The van der Waals surface area contributed by atoms with Gasteiger partial charge in [-0.25, -0.2) is 0 Å². The summed E-state index contributed by atoms with van der Waals surface area (Å²) in [5.74, 6) is -0.555. The van der Waals surface area contributed by atoms with Crippen molar-refractivity contribution in [2.24, 2.45) is 0 Å². The van der Waals surface area contributed by atoms with Crippen LogP contribution in [0.5, 0.6) is 0 Å². The van der Waals surface area contributed by atoms with Gasteiger partial charge in [-0.2, -0.15) is 0 Å². The van der Waals surface area contributed by atoms with Crippen molar-refractivity contribution >= 4 is 27.6 Å². The van der Waals surface area contributed by atoms with Crippen molar-refractivity contribution in [3.63, 3.8) is 0 Å². The molecular formula is C70H148N2O14P2. The summed E-state index contributed by atoms with van der Waals surface area (Å²) in [5, 5.41) is 0. The number of phosphoric ester groups is 2. The van der Waals surface area contributed by atoms with Gasteiger partial charge in [0, 0.05) is 26.6 Å². The highest BCUT2D eigenvalue weighted by Gasteiger charge is 2.27. The molecule has 88 heavy (non-hydrogen) atoms. The summed E-state index contributed by atoms with van der Waals surface area (Å²) in [7, 11) is 2.59. The van der Waals surface area contributed by atoms with E-state index in [4.69, 9.17) is 32.5 Å². The predicted octanol–water partition coefficient (Wildman–Crippen LogP) is 18.8. The molecule has 0 rings (SSSR count). The number of esters is 2. The van der Waals surface area contributed by atoms with Crippen LogP contribution in [0.1, 0.15) is 325 Å². The molecule has 0 aromatic heterocycles. The molecule has 18 heteroatoms. The van der Waals surface area contributed by atoms with E-state index in [1.165, 1.54) is 232 Å². The van der Waals surface area contributed by atoms with Crippen molar-refractivity contribution in [3.05, 3.63) is 0 Å². The van der Waals surface area contributed by atoms with Gasteiger partial charge < -0.3 is 55.8 Å². The van der Waals surface area contributed by atoms with Gasteiger partial charge in [0.05, 0.1) is 55.1 Å². The Bertz CT molecular complexity index is 1570. The fourth-order valence-electron chi connectivity index (χ4n) is 10.2. The number of rotatable bonds is 66.